The summed E-state index contributed by atoms with van der Waals surface area (Å²) >= 11 is 0. The molecule has 2 saturated carbocycles. The first-order valence-corrected chi connectivity index (χ1v) is 8.81. The molecule has 2 aliphatic rings. The molecule has 0 aromatic rings. The zero-order valence-corrected chi connectivity index (χ0v) is 14.3. The highest BCUT2D eigenvalue weighted by molar-refractivity contribution is 4.91. The molecule has 0 aromatic carbocycles. The van der Waals surface area contributed by atoms with Gasteiger partial charge in [-0.2, -0.15) is 0 Å². The van der Waals surface area contributed by atoms with Crippen molar-refractivity contribution in [3.05, 3.63) is 0 Å². The summed E-state index contributed by atoms with van der Waals surface area (Å²) in [4.78, 5) is 2.60. The summed E-state index contributed by atoms with van der Waals surface area (Å²) < 4.78 is 0. The van der Waals surface area contributed by atoms with Crippen LogP contribution >= 0.6 is 0 Å². The Balaban J connectivity index is 1.92. The Morgan fingerprint density at radius 2 is 1.65 bits per heavy atom. The van der Waals surface area contributed by atoms with Gasteiger partial charge in [0.05, 0.1) is 0 Å². The fraction of sp³-hybridized carbons (Fsp3) is 1.00. The Morgan fingerprint density at radius 1 is 1.05 bits per heavy atom. The van der Waals surface area contributed by atoms with Crippen LogP contribution in [0.4, 0.5) is 0 Å². The summed E-state index contributed by atoms with van der Waals surface area (Å²) in [5, 5.41) is 3.84. The van der Waals surface area contributed by atoms with Gasteiger partial charge in [0.2, 0.25) is 0 Å². The Kier molecular flexibility index (Phi) is 5.53. The average Bonchev–Trinajstić information content (AvgIpc) is 3.11. The highest BCUT2D eigenvalue weighted by Gasteiger charge is 2.34. The first-order chi connectivity index (χ1) is 9.39. The lowest BCUT2D eigenvalue weighted by molar-refractivity contribution is 0.119. The molecular formula is C18H36N2. The van der Waals surface area contributed by atoms with Crippen LogP contribution in [0.1, 0.15) is 72.1 Å². The first-order valence-electron chi connectivity index (χ1n) is 8.81. The summed E-state index contributed by atoms with van der Waals surface area (Å²) in [5.74, 6) is 0. The summed E-state index contributed by atoms with van der Waals surface area (Å²) in [6, 6.07) is 0.850. The molecule has 0 amide bonds. The predicted molar refractivity (Wildman–Crippen MR) is 88.1 cm³/mol. The second-order valence-corrected chi connectivity index (χ2v) is 8.80. The third-order valence-corrected chi connectivity index (χ3v) is 4.86. The van der Waals surface area contributed by atoms with Gasteiger partial charge in [-0.3, -0.25) is 0 Å². The summed E-state index contributed by atoms with van der Waals surface area (Å²) in [6.45, 7) is 10.8. The van der Waals surface area contributed by atoms with Gasteiger partial charge in [-0.25, -0.2) is 0 Å². The lowest BCUT2D eigenvalue weighted by atomic mass is 9.79. The van der Waals surface area contributed by atoms with E-state index in [-0.39, 0.29) is 0 Å². The minimum absolute atomic E-state index is 0.407. The van der Waals surface area contributed by atoms with Crippen LogP contribution in [0.2, 0.25) is 0 Å². The molecule has 0 saturated heterocycles. The highest BCUT2D eigenvalue weighted by atomic mass is 15.1. The molecule has 0 aromatic heterocycles. The smallest absolute Gasteiger partial charge is 0.00684 e. The second kappa shape index (κ2) is 6.79. The van der Waals surface area contributed by atoms with Gasteiger partial charge in [0.15, 0.2) is 0 Å². The predicted octanol–water partition coefficient (Wildman–Crippen LogP) is 4.06. The molecule has 1 N–H and O–H groups in total. The van der Waals surface area contributed by atoms with Crippen LogP contribution in [0, 0.1) is 10.8 Å². The molecule has 2 fully saturated rings. The van der Waals surface area contributed by atoms with Crippen molar-refractivity contribution in [2.75, 3.05) is 26.7 Å². The molecule has 2 rings (SSSR count). The topological polar surface area (TPSA) is 15.3 Å². The molecule has 20 heavy (non-hydrogen) atoms. The number of hydrogen-bond acceptors (Lipinski definition) is 2. The maximum atomic E-state index is 3.84. The second-order valence-electron chi connectivity index (χ2n) is 8.80. The molecule has 0 atom stereocenters. The van der Waals surface area contributed by atoms with Crippen LogP contribution in [0.15, 0.2) is 0 Å². The molecule has 2 heteroatoms. The van der Waals surface area contributed by atoms with Gasteiger partial charge in [-0.1, -0.05) is 46.5 Å². The van der Waals surface area contributed by atoms with Crippen molar-refractivity contribution in [3.63, 3.8) is 0 Å². The molecular weight excluding hydrogens is 244 g/mol. The molecule has 0 heterocycles. The minimum Gasteiger partial charge on any atom is -0.313 e. The van der Waals surface area contributed by atoms with Crippen LogP contribution < -0.4 is 5.32 Å². The Bertz CT molecular complexity index is 280. The third kappa shape index (κ3) is 5.73. The molecule has 118 valence electrons. The van der Waals surface area contributed by atoms with Gasteiger partial charge in [0, 0.05) is 25.7 Å². The van der Waals surface area contributed by atoms with Gasteiger partial charge in [0.1, 0.15) is 0 Å². The molecule has 0 radical (unpaired) electrons. The fourth-order valence-electron chi connectivity index (χ4n) is 3.96. The quantitative estimate of drug-likeness (QED) is 0.738. The minimum atomic E-state index is 0.407. The van der Waals surface area contributed by atoms with E-state index in [1.54, 1.807) is 0 Å². The van der Waals surface area contributed by atoms with Crippen molar-refractivity contribution in [2.24, 2.45) is 10.8 Å². The van der Waals surface area contributed by atoms with Gasteiger partial charge in [-0.05, 0) is 43.6 Å². The molecule has 0 spiro atoms. The van der Waals surface area contributed by atoms with Gasteiger partial charge in [0.25, 0.3) is 0 Å². The molecule has 0 bridgehead atoms. The largest absolute Gasteiger partial charge is 0.313 e. The standard InChI is InChI=1S/C18H36N2/c1-17(2,3)14-20(4)15-18(13-19-16-9-10-16)11-7-5-6-8-12-18/h16,19H,5-15H2,1-4H3. The Hall–Kier alpha value is -0.0800. The number of nitrogens with one attached hydrogen (secondary N) is 1. The molecule has 2 nitrogen and oxygen atoms in total. The monoisotopic (exact) mass is 280 g/mol. The average molecular weight is 280 g/mol. The third-order valence-electron chi connectivity index (χ3n) is 4.86. The van der Waals surface area contributed by atoms with Crippen molar-refractivity contribution < 1.29 is 0 Å². The van der Waals surface area contributed by atoms with Crippen LogP contribution in [-0.4, -0.2) is 37.6 Å². The molecule has 2 aliphatic carbocycles. The zero-order valence-electron chi connectivity index (χ0n) is 14.3. The summed E-state index contributed by atoms with van der Waals surface area (Å²) in [6.07, 6.45) is 11.5. The van der Waals surface area contributed by atoms with Gasteiger partial charge >= 0.3 is 0 Å². The maximum Gasteiger partial charge on any atom is 0.00684 e. The van der Waals surface area contributed by atoms with Crippen LogP contribution in [0.3, 0.4) is 0 Å². The van der Waals surface area contributed by atoms with Crippen molar-refractivity contribution in [2.45, 2.75) is 78.2 Å². The maximum absolute atomic E-state index is 3.84. The normalized spacial score (nSPS) is 23.9. The van der Waals surface area contributed by atoms with E-state index in [1.165, 1.54) is 71.0 Å². The van der Waals surface area contributed by atoms with Gasteiger partial charge in [-0.15, -0.1) is 0 Å². The van der Waals surface area contributed by atoms with Crippen LogP contribution in [0.25, 0.3) is 0 Å². The van der Waals surface area contributed by atoms with E-state index in [4.69, 9.17) is 0 Å². The van der Waals surface area contributed by atoms with E-state index in [9.17, 15) is 0 Å². The zero-order chi connectivity index (χ0) is 14.6. The first kappa shape index (κ1) is 16.3. The summed E-state index contributed by atoms with van der Waals surface area (Å²) in [5.41, 5.74) is 0.948. The van der Waals surface area contributed by atoms with Crippen molar-refractivity contribution in [1.82, 2.24) is 10.2 Å². The van der Waals surface area contributed by atoms with E-state index >= 15 is 0 Å². The van der Waals surface area contributed by atoms with Crippen molar-refractivity contribution >= 4 is 0 Å². The van der Waals surface area contributed by atoms with Crippen molar-refractivity contribution in [1.29, 1.82) is 0 Å². The van der Waals surface area contributed by atoms with E-state index in [0.717, 1.165) is 6.04 Å². The summed E-state index contributed by atoms with van der Waals surface area (Å²) in [7, 11) is 2.33. The Morgan fingerprint density at radius 3 is 2.15 bits per heavy atom. The van der Waals surface area contributed by atoms with Crippen LogP contribution in [-0.2, 0) is 0 Å². The lowest BCUT2D eigenvalue weighted by Gasteiger charge is -2.39. The fourth-order valence-corrected chi connectivity index (χ4v) is 3.96. The van der Waals surface area contributed by atoms with Gasteiger partial charge < -0.3 is 10.2 Å². The molecule has 0 aliphatic heterocycles. The number of nitrogens with zero attached hydrogens (tertiary/aromatic N) is 1. The van der Waals surface area contributed by atoms with E-state index in [0.29, 0.717) is 10.8 Å². The SMILES string of the molecule is CN(CC(C)(C)C)CC1(CNC2CC2)CCCCCC1. The lowest BCUT2D eigenvalue weighted by Crippen LogP contribution is -2.45. The number of rotatable bonds is 6. The number of hydrogen-bond donors (Lipinski definition) is 1. The van der Waals surface area contributed by atoms with E-state index < -0.39 is 0 Å². The van der Waals surface area contributed by atoms with E-state index in [2.05, 4.69) is 38.0 Å². The highest BCUT2D eigenvalue weighted by Crippen LogP contribution is 2.36. The van der Waals surface area contributed by atoms with E-state index in [1.807, 2.05) is 0 Å². The van der Waals surface area contributed by atoms with Crippen LogP contribution in [0.5, 0.6) is 0 Å². The van der Waals surface area contributed by atoms with Crippen molar-refractivity contribution in [3.8, 4) is 0 Å². The molecule has 0 unspecified atom stereocenters. The Labute approximate surface area is 126 Å².